The summed E-state index contributed by atoms with van der Waals surface area (Å²) in [6.07, 6.45) is 0. The van der Waals surface area contributed by atoms with Crippen molar-refractivity contribution in [1.29, 1.82) is 0 Å². The van der Waals surface area contributed by atoms with Crippen molar-refractivity contribution in [3.05, 3.63) is 97.1 Å². The molecule has 126 valence electrons. The predicted octanol–water partition coefficient (Wildman–Crippen LogP) is 6.12. The van der Waals surface area contributed by atoms with E-state index < -0.39 is 0 Å². The summed E-state index contributed by atoms with van der Waals surface area (Å²) in [7, 11) is 0. The molecule has 0 fully saturated rings. The van der Waals surface area contributed by atoms with Gasteiger partial charge in [-0.2, -0.15) is 0 Å². The van der Waals surface area contributed by atoms with Gasteiger partial charge in [-0.15, -0.1) is 0 Å². The van der Waals surface area contributed by atoms with Crippen molar-refractivity contribution >= 4 is 38.0 Å². The number of hydrogen-bond donors (Lipinski definition) is 2. The van der Waals surface area contributed by atoms with Crippen LogP contribution in [0.25, 0.3) is 32.3 Å². The number of benzene rings is 5. The number of nitrogen functional groups attached to an aromatic ring is 1. The van der Waals surface area contributed by atoms with Gasteiger partial charge in [0.1, 0.15) is 5.75 Å². The highest BCUT2D eigenvalue weighted by Crippen LogP contribution is 2.32. The highest BCUT2D eigenvalue weighted by Gasteiger charge is 2.05. The van der Waals surface area contributed by atoms with Gasteiger partial charge in [-0.3, -0.25) is 0 Å². The summed E-state index contributed by atoms with van der Waals surface area (Å²) in [6, 6.07) is 32.0. The highest BCUT2D eigenvalue weighted by molar-refractivity contribution is 6.18. The van der Waals surface area contributed by atoms with Gasteiger partial charge >= 0.3 is 0 Å². The second-order valence-electron chi connectivity index (χ2n) is 6.23. The number of phenolic OH excluding ortho intramolecular Hbond substituents is 1. The lowest BCUT2D eigenvalue weighted by atomic mass is 9.96. The molecule has 2 heteroatoms. The highest BCUT2D eigenvalue weighted by atomic mass is 16.3. The summed E-state index contributed by atoms with van der Waals surface area (Å²) in [6.45, 7) is 0. The average Bonchev–Trinajstić information content (AvgIpc) is 2.69. The Morgan fingerprint density at radius 2 is 1.04 bits per heavy atom. The average molecular weight is 337 g/mol. The van der Waals surface area contributed by atoms with Crippen molar-refractivity contribution in [3.8, 4) is 5.75 Å². The van der Waals surface area contributed by atoms with E-state index in [0.717, 1.165) is 11.1 Å². The molecule has 5 rings (SSSR count). The van der Waals surface area contributed by atoms with Gasteiger partial charge in [0.05, 0.1) is 0 Å². The Balaban J connectivity index is 0.000000204. The Kier molecular flexibility index (Phi) is 4.16. The van der Waals surface area contributed by atoms with Crippen molar-refractivity contribution in [1.82, 2.24) is 0 Å². The maximum atomic E-state index is 8.63. The largest absolute Gasteiger partial charge is 0.508 e. The minimum Gasteiger partial charge on any atom is -0.508 e. The molecule has 26 heavy (non-hydrogen) atoms. The molecule has 0 aliphatic heterocycles. The van der Waals surface area contributed by atoms with Gasteiger partial charge < -0.3 is 10.8 Å². The molecule has 2 nitrogen and oxygen atoms in total. The minimum absolute atomic E-state index is 0.322. The number of para-hydroxylation sites is 1. The fourth-order valence-electron chi connectivity index (χ4n) is 3.31. The predicted molar refractivity (Wildman–Crippen MR) is 111 cm³/mol. The van der Waals surface area contributed by atoms with Crippen LogP contribution < -0.4 is 5.73 Å². The number of nitrogens with two attached hydrogens (primary N) is 1. The van der Waals surface area contributed by atoms with Crippen molar-refractivity contribution in [2.45, 2.75) is 0 Å². The number of phenols is 1. The van der Waals surface area contributed by atoms with Crippen LogP contribution in [-0.2, 0) is 0 Å². The lowest BCUT2D eigenvalue weighted by Gasteiger charge is -2.08. The molecular weight excluding hydrogens is 318 g/mol. The molecule has 0 spiro atoms. The first-order valence-corrected chi connectivity index (χ1v) is 8.57. The van der Waals surface area contributed by atoms with Gasteiger partial charge in [0.2, 0.25) is 0 Å². The third-order valence-corrected chi connectivity index (χ3v) is 4.57. The molecule has 0 radical (unpaired) electrons. The summed E-state index contributed by atoms with van der Waals surface area (Å²) in [4.78, 5) is 0. The van der Waals surface area contributed by atoms with Crippen LogP contribution in [0.15, 0.2) is 97.1 Å². The van der Waals surface area contributed by atoms with Gasteiger partial charge in [0.15, 0.2) is 0 Å². The van der Waals surface area contributed by atoms with Crippen LogP contribution in [0.4, 0.5) is 5.69 Å². The zero-order valence-electron chi connectivity index (χ0n) is 14.3. The van der Waals surface area contributed by atoms with Crippen LogP contribution in [-0.4, -0.2) is 5.11 Å². The van der Waals surface area contributed by atoms with E-state index in [1.807, 2.05) is 18.2 Å². The third kappa shape index (κ3) is 2.93. The van der Waals surface area contributed by atoms with E-state index in [2.05, 4.69) is 54.6 Å². The van der Waals surface area contributed by atoms with Gasteiger partial charge in [0.25, 0.3) is 0 Å². The number of anilines is 1. The van der Waals surface area contributed by atoms with Crippen molar-refractivity contribution < 1.29 is 5.11 Å². The molecule has 0 heterocycles. The summed E-state index contributed by atoms with van der Waals surface area (Å²) < 4.78 is 0. The monoisotopic (exact) mass is 337 g/mol. The molecule has 3 N–H and O–H groups in total. The molecule has 0 atom stereocenters. The van der Waals surface area contributed by atoms with E-state index in [1.165, 1.54) is 26.9 Å². The zero-order chi connectivity index (χ0) is 17.9. The molecule has 0 unspecified atom stereocenters. The number of fused-ring (bicyclic) bond motifs is 5. The number of hydrogen-bond acceptors (Lipinski definition) is 2. The van der Waals surface area contributed by atoms with E-state index >= 15 is 0 Å². The van der Waals surface area contributed by atoms with E-state index in [-0.39, 0.29) is 0 Å². The molecule has 5 aromatic carbocycles. The molecule has 0 aliphatic rings. The Morgan fingerprint density at radius 1 is 0.462 bits per heavy atom. The van der Waals surface area contributed by atoms with Crippen molar-refractivity contribution in [3.63, 3.8) is 0 Å². The SMILES string of the molecule is Nc1cccc2c1ccc1c3ccccc3ccc21.Oc1ccccc1. The van der Waals surface area contributed by atoms with Crippen LogP contribution in [0.1, 0.15) is 0 Å². The van der Waals surface area contributed by atoms with Gasteiger partial charge in [0, 0.05) is 11.1 Å². The number of aromatic hydroxyl groups is 1. The second kappa shape index (κ2) is 6.77. The molecule has 0 aliphatic carbocycles. The summed E-state index contributed by atoms with van der Waals surface area (Å²) >= 11 is 0. The molecule has 0 aromatic heterocycles. The first-order chi connectivity index (χ1) is 12.7. The van der Waals surface area contributed by atoms with Crippen LogP contribution in [0.5, 0.6) is 5.75 Å². The van der Waals surface area contributed by atoms with E-state index in [9.17, 15) is 0 Å². The number of rotatable bonds is 0. The lowest BCUT2D eigenvalue weighted by molar-refractivity contribution is 0.475. The van der Waals surface area contributed by atoms with Crippen molar-refractivity contribution in [2.75, 3.05) is 5.73 Å². The Hall–Kier alpha value is -3.52. The summed E-state index contributed by atoms with van der Waals surface area (Å²) in [5.41, 5.74) is 6.90. The van der Waals surface area contributed by atoms with Gasteiger partial charge in [-0.05, 0) is 45.1 Å². The normalized spacial score (nSPS) is 10.6. The molecule has 0 amide bonds. The maximum Gasteiger partial charge on any atom is 0.115 e. The van der Waals surface area contributed by atoms with Crippen LogP contribution in [0.2, 0.25) is 0 Å². The van der Waals surface area contributed by atoms with Gasteiger partial charge in [-0.25, -0.2) is 0 Å². The van der Waals surface area contributed by atoms with Crippen LogP contribution in [0, 0.1) is 0 Å². The first-order valence-electron chi connectivity index (χ1n) is 8.57. The topological polar surface area (TPSA) is 46.2 Å². The van der Waals surface area contributed by atoms with E-state index in [4.69, 9.17) is 10.8 Å². The Morgan fingerprint density at radius 3 is 1.81 bits per heavy atom. The minimum atomic E-state index is 0.322. The molecule has 0 saturated heterocycles. The smallest absolute Gasteiger partial charge is 0.115 e. The van der Waals surface area contributed by atoms with Crippen LogP contribution in [0.3, 0.4) is 0 Å². The van der Waals surface area contributed by atoms with Gasteiger partial charge in [-0.1, -0.05) is 78.9 Å². The molecule has 0 saturated carbocycles. The zero-order valence-corrected chi connectivity index (χ0v) is 14.3. The Labute approximate surface area is 152 Å². The fraction of sp³-hybridized carbons (Fsp3) is 0. The fourth-order valence-corrected chi connectivity index (χ4v) is 3.31. The quantitative estimate of drug-likeness (QED) is 0.264. The summed E-state index contributed by atoms with van der Waals surface area (Å²) in [5, 5.41) is 16.1. The summed E-state index contributed by atoms with van der Waals surface area (Å²) in [5.74, 6) is 0.322. The third-order valence-electron chi connectivity index (χ3n) is 4.57. The maximum absolute atomic E-state index is 8.63. The van der Waals surface area contributed by atoms with Crippen molar-refractivity contribution in [2.24, 2.45) is 0 Å². The first kappa shape index (κ1) is 16.0. The molecular formula is C24H19NO. The standard InChI is InChI=1S/C18H13N.C6H6O/c19-18-7-3-6-14-16-9-8-12-4-1-2-5-13(12)15(16)10-11-17(14)18;7-6-4-2-1-3-5-6/h1-11H,19H2;1-5,7H. The van der Waals surface area contributed by atoms with E-state index in [0.29, 0.717) is 5.75 Å². The van der Waals surface area contributed by atoms with Crippen LogP contribution >= 0.6 is 0 Å². The molecule has 0 bridgehead atoms. The Bertz CT molecular complexity index is 1200. The van der Waals surface area contributed by atoms with E-state index in [1.54, 1.807) is 24.3 Å². The molecule has 5 aromatic rings. The second-order valence-corrected chi connectivity index (χ2v) is 6.23. The lowest BCUT2D eigenvalue weighted by Crippen LogP contribution is -1.87.